The minimum atomic E-state index is -1.07. The molecule has 1 aromatic rings. The summed E-state index contributed by atoms with van der Waals surface area (Å²) in [6.45, 7) is 18.6. The van der Waals surface area contributed by atoms with E-state index in [0.29, 0.717) is 11.1 Å². The average Bonchev–Trinajstić information content (AvgIpc) is 2.22. The first-order chi connectivity index (χ1) is 10.1. The third-order valence-electron chi connectivity index (χ3n) is 4.28. The summed E-state index contributed by atoms with van der Waals surface area (Å²) in [6.07, 6.45) is 0.925. The van der Waals surface area contributed by atoms with Crippen molar-refractivity contribution < 1.29 is 15.0 Å². The molecule has 1 aromatic carbocycles. The molecule has 23 heavy (non-hydrogen) atoms. The number of aromatic carboxylic acids is 1. The Kier molecular flexibility index (Phi) is 4.97. The van der Waals surface area contributed by atoms with E-state index in [4.69, 9.17) is 0 Å². The summed E-state index contributed by atoms with van der Waals surface area (Å²) in [6, 6.07) is 2.00. The van der Waals surface area contributed by atoms with Crippen LogP contribution < -0.4 is 0 Å². The van der Waals surface area contributed by atoms with E-state index in [1.807, 2.05) is 26.8 Å². The van der Waals surface area contributed by atoms with Crippen molar-refractivity contribution in [2.75, 3.05) is 0 Å². The molecule has 3 nitrogen and oxygen atoms in total. The Balaban J connectivity index is 3.74. The van der Waals surface area contributed by atoms with E-state index in [9.17, 15) is 15.0 Å². The molecule has 3 heteroatoms. The van der Waals surface area contributed by atoms with E-state index in [1.54, 1.807) is 6.92 Å². The van der Waals surface area contributed by atoms with Crippen molar-refractivity contribution in [3.63, 3.8) is 0 Å². The molecule has 0 unspecified atom stereocenters. The lowest BCUT2D eigenvalue weighted by Crippen LogP contribution is -2.27. The maximum Gasteiger partial charge on any atom is 0.339 e. The molecule has 1 rings (SSSR count). The number of carboxylic acids is 1. The molecular weight excluding hydrogens is 288 g/mol. The molecule has 0 saturated heterocycles. The zero-order valence-electron chi connectivity index (χ0n) is 16.1. The lowest BCUT2D eigenvalue weighted by atomic mass is 9.69. The fourth-order valence-electron chi connectivity index (χ4n) is 3.73. The lowest BCUT2D eigenvalue weighted by molar-refractivity contribution is 0.0692. The maximum absolute atomic E-state index is 11.7. The summed E-state index contributed by atoms with van der Waals surface area (Å²) >= 11 is 0. The van der Waals surface area contributed by atoms with Crippen LogP contribution in [-0.2, 0) is 10.8 Å². The van der Waals surface area contributed by atoms with Gasteiger partial charge in [-0.3, -0.25) is 0 Å². The number of phenols is 1. The monoisotopic (exact) mass is 320 g/mol. The molecule has 0 aliphatic rings. The quantitative estimate of drug-likeness (QED) is 0.783. The predicted octanol–water partition coefficient (Wildman–Crippen LogP) is 5.41. The number of carbonyl (C=O) groups is 1. The van der Waals surface area contributed by atoms with Gasteiger partial charge in [-0.05, 0) is 40.7 Å². The van der Waals surface area contributed by atoms with Gasteiger partial charge in [0.1, 0.15) is 11.3 Å². The molecule has 0 aromatic heterocycles. The van der Waals surface area contributed by atoms with Crippen LogP contribution in [-0.4, -0.2) is 16.2 Å². The van der Waals surface area contributed by atoms with Crippen LogP contribution in [0.2, 0.25) is 0 Å². The Morgan fingerprint density at radius 2 is 1.48 bits per heavy atom. The Hall–Kier alpha value is -1.51. The minimum absolute atomic E-state index is 0.0365. The van der Waals surface area contributed by atoms with Gasteiger partial charge in [-0.1, -0.05) is 61.5 Å². The largest absolute Gasteiger partial charge is 0.507 e. The first-order valence-corrected chi connectivity index (χ1v) is 8.19. The molecule has 0 spiro atoms. The Labute approximate surface area is 140 Å². The summed E-state index contributed by atoms with van der Waals surface area (Å²) in [5.74, 6) is -1.17. The summed E-state index contributed by atoms with van der Waals surface area (Å²) in [5, 5.41) is 20.1. The molecule has 0 bridgehead atoms. The highest BCUT2D eigenvalue weighted by Gasteiger charge is 2.34. The third kappa shape index (κ3) is 4.27. The van der Waals surface area contributed by atoms with Gasteiger partial charge in [-0.15, -0.1) is 0 Å². The standard InChI is InChI=1S/C20H32O3/c1-12-13(20(8,9)11-18(2,3)4)10-14(19(5,6)7)16(21)15(12)17(22)23/h10,21H,11H2,1-9H3,(H,22,23). The number of benzene rings is 1. The lowest BCUT2D eigenvalue weighted by Gasteiger charge is -2.36. The molecule has 0 saturated carbocycles. The SMILES string of the molecule is Cc1c(C(C)(C)CC(C)(C)C)cc(C(C)(C)C)c(O)c1C(=O)O. The van der Waals surface area contributed by atoms with E-state index >= 15 is 0 Å². The second-order valence-electron chi connectivity index (χ2n) is 9.50. The minimum Gasteiger partial charge on any atom is -0.507 e. The van der Waals surface area contributed by atoms with Crippen LogP contribution in [0.5, 0.6) is 5.75 Å². The number of rotatable bonds is 3. The first-order valence-electron chi connectivity index (χ1n) is 8.19. The molecule has 0 radical (unpaired) electrons. The highest BCUT2D eigenvalue weighted by atomic mass is 16.4. The highest BCUT2D eigenvalue weighted by molar-refractivity contribution is 5.93. The smallest absolute Gasteiger partial charge is 0.339 e. The van der Waals surface area contributed by atoms with Crippen LogP contribution in [0.15, 0.2) is 6.07 Å². The van der Waals surface area contributed by atoms with Gasteiger partial charge in [0.25, 0.3) is 0 Å². The van der Waals surface area contributed by atoms with Gasteiger partial charge < -0.3 is 10.2 Å². The molecule has 130 valence electrons. The number of hydrogen-bond acceptors (Lipinski definition) is 2. The summed E-state index contributed by atoms with van der Waals surface area (Å²) < 4.78 is 0. The summed E-state index contributed by atoms with van der Waals surface area (Å²) in [4.78, 5) is 11.7. The second kappa shape index (κ2) is 5.85. The first kappa shape index (κ1) is 19.5. The molecule has 0 fully saturated rings. The van der Waals surface area contributed by atoms with Crippen molar-refractivity contribution in [2.24, 2.45) is 5.41 Å². The molecule has 0 aliphatic carbocycles. The van der Waals surface area contributed by atoms with E-state index < -0.39 is 5.97 Å². The van der Waals surface area contributed by atoms with Gasteiger partial charge in [-0.25, -0.2) is 4.79 Å². The zero-order valence-corrected chi connectivity index (χ0v) is 16.1. The maximum atomic E-state index is 11.7. The van der Waals surface area contributed by atoms with Crippen molar-refractivity contribution in [2.45, 2.75) is 79.6 Å². The fourth-order valence-corrected chi connectivity index (χ4v) is 3.73. The number of carboxylic acid groups (broad SMARTS) is 1. The zero-order chi connectivity index (χ0) is 18.4. The number of aromatic hydroxyl groups is 1. The van der Waals surface area contributed by atoms with Crippen molar-refractivity contribution in [3.8, 4) is 5.75 Å². The number of hydrogen-bond donors (Lipinski definition) is 2. The van der Waals surface area contributed by atoms with Crippen LogP contribution in [0, 0.1) is 12.3 Å². The van der Waals surface area contributed by atoms with Crippen molar-refractivity contribution in [3.05, 3.63) is 28.3 Å². The van der Waals surface area contributed by atoms with Gasteiger partial charge in [0, 0.05) is 5.56 Å². The summed E-state index contributed by atoms with van der Waals surface area (Å²) in [7, 11) is 0. The molecule has 2 N–H and O–H groups in total. The highest BCUT2D eigenvalue weighted by Crippen LogP contribution is 2.43. The van der Waals surface area contributed by atoms with Crippen LogP contribution in [0.25, 0.3) is 0 Å². The van der Waals surface area contributed by atoms with E-state index in [2.05, 4.69) is 34.6 Å². The van der Waals surface area contributed by atoms with Crippen molar-refractivity contribution in [1.82, 2.24) is 0 Å². The van der Waals surface area contributed by atoms with Gasteiger partial charge in [0.05, 0.1) is 0 Å². The van der Waals surface area contributed by atoms with Gasteiger partial charge in [0.2, 0.25) is 0 Å². The second-order valence-corrected chi connectivity index (χ2v) is 9.50. The van der Waals surface area contributed by atoms with Crippen LogP contribution in [0.3, 0.4) is 0 Å². The molecule has 0 amide bonds. The van der Waals surface area contributed by atoms with Crippen molar-refractivity contribution in [1.29, 1.82) is 0 Å². The Morgan fingerprint density at radius 1 is 1.00 bits per heavy atom. The van der Waals surface area contributed by atoms with Crippen LogP contribution >= 0.6 is 0 Å². The molecule has 0 atom stereocenters. The molecule has 0 heterocycles. The van der Waals surface area contributed by atoms with Crippen LogP contribution in [0.1, 0.15) is 88.9 Å². The van der Waals surface area contributed by atoms with Gasteiger partial charge >= 0.3 is 5.97 Å². The van der Waals surface area contributed by atoms with Crippen molar-refractivity contribution >= 4 is 5.97 Å². The molecular formula is C20H32O3. The normalized spacial score (nSPS) is 13.3. The topological polar surface area (TPSA) is 57.5 Å². The van der Waals surface area contributed by atoms with Gasteiger partial charge in [0.15, 0.2) is 0 Å². The van der Waals surface area contributed by atoms with E-state index in [0.717, 1.165) is 12.0 Å². The Morgan fingerprint density at radius 3 is 1.83 bits per heavy atom. The van der Waals surface area contributed by atoms with E-state index in [-0.39, 0.29) is 27.6 Å². The summed E-state index contributed by atoms with van der Waals surface area (Å²) in [5.41, 5.74) is 2.02. The van der Waals surface area contributed by atoms with E-state index in [1.165, 1.54) is 0 Å². The van der Waals surface area contributed by atoms with Gasteiger partial charge in [-0.2, -0.15) is 0 Å². The Bertz CT molecular complexity index is 611. The predicted molar refractivity (Wildman–Crippen MR) is 95.6 cm³/mol. The van der Waals surface area contributed by atoms with Crippen LogP contribution in [0.4, 0.5) is 0 Å². The third-order valence-corrected chi connectivity index (χ3v) is 4.28. The fraction of sp³-hybridized carbons (Fsp3) is 0.650. The molecule has 0 aliphatic heterocycles. The average molecular weight is 320 g/mol.